The van der Waals surface area contributed by atoms with Crippen LogP contribution in [-0.2, 0) is 5.75 Å². The number of para-hydroxylation sites is 1. The van der Waals surface area contributed by atoms with E-state index in [1.807, 2.05) is 13.8 Å². The van der Waals surface area contributed by atoms with Crippen molar-refractivity contribution in [2.24, 2.45) is 0 Å². The molecule has 0 fully saturated rings. The van der Waals surface area contributed by atoms with Crippen LogP contribution in [-0.4, -0.2) is 14.5 Å². The summed E-state index contributed by atoms with van der Waals surface area (Å²) in [5, 5.41) is 12.7. The van der Waals surface area contributed by atoms with Crippen LogP contribution in [0, 0.1) is 10.1 Å². The van der Waals surface area contributed by atoms with Crippen LogP contribution in [0.25, 0.3) is 10.9 Å². The minimum Gasteiger partial charge on any atom is -0.285 e. The van der Waals surface area contributed by atoms with Crippen LogP contribution in [0.1, 0.15) is 25.5 Å². The first-order valence-electron chi connectivity index (χ1n) is 7.95. The van der Waals surface area contributed by atoms with E-state index >= 15 is 0 Å². The summed E-state index contributed by atoms with van der Waals surface area (Å²) in [6.07, 6.45) is 0. The molecule has 0 aliphatic carbocycles. The maximum atomic E-state index is 12.8. The molecule has 0 saturated heterocycles. The van der Waals surface area contributed by atoms with Gasteiger partial charge >= 0.3 is 0 Å². The van der Waals surface area contributed by atoms with E-state index in [9.17, 15) is 14.9 Å². The topological polar surface area (TPSA) is 78.0 Å². The number of rotatable bonds is 5. The van der Waals surface area contributed by atoms with Gasteiger partial charge in [-0.3, -0.25) is 19.5 Å². The Morgan fingerprint density at radius 1 is 1.27 bits per heavy atom. The molecular formula is C18H16ClN3O3S. The molecule has 0 unspecified atom stereocenters. The van der Waals surface area contributed by atoms with Crippen molar-refractivity contribution >= 4 is 40.0 Å². The van der Waals surface area contributed by atoms with E-state index in [2.05, 4.69) is 4.98 Å². The lowest BCUT2D eigenvalue weighted by molar-refractivity contribution is -0.385. The van der Waals surface area contributed by atoms with Crippen LogP contribution in [0.5, 0.6) is 0 Å². The lowest BCUT2D eigenvalue weighted by atomic mass is 10.2. The Balaban J connectivity index is 2.06. The van der Waals surface area contributed by atoms with Gasteiger partial charge in [0.1, 0.15) is 0 Å². The smallest absolute Gasteiger partial charge is 0.273 e. The van der Waals surface area contributed by atoms with Crippen LogP contribution >= 0.6 is 23.4 Å². The summed E-state index contributed by atoms with van der Waals surface area (Å²) in [6, 6.07) is 11.5. The second-order valence-corrected chi connectivity index (χ2v) is 7.38. The van der Waals surface area contributed by atoms with E-state index in [0.717, 1.165) is 0 Å². The molecule has 0 bridgehead atoms. The SMILES string of the molecule is CC(C)n1c(SCc2ccccc2[N+](=O)[O-])nc2cc(Cl)ccc2c1=O. The van der Waals surface area contributed by atoms with Crippen LogP contribution in [0.4, 0.5) is 5.69 Å². The number of aromatic nitrogens is 2. The van der Waals surface area contributed by atoms with E-state index < -0.39 is 4.92 Å². The quantitative estimate of drug-likeness (QED) is 0.270. The fourth-order valence-corrected chi connectivity index (χ4v) is 3.95. The van der Waals surface area contributed by atoms with E-state index in [1.165, 1.54) is 17.8 Å². The first-order valence-corrected chi connectivity index (χ1v) is 9.31. The van der Waals surface area contributed by atoms with Crippen molar-refractivity contribution in [3.05, 3.63) is 73.5 Å². The monoisotopic (exact) mass is 389 g/mol. The van der Waals surface area contributed by atoms with Gasteiger partial charge in [-0.2, -0.15) is 0 Å². The number of nitro groups is 1. The largest absolute Gasteiger partial charge is 0.285 e. The summed E-state index contributed by atoms with van der Waals surface area (Å²) < 4.78 is 1.61. The highest BCUT2D eigenvalue weighted by molar-refractivity contribution is 7.98. The number of nitrogens with zero attached hydrogens (tertiary/aromatic N) is 3. The third-order valence-electron chi connectivity index (χ3n) is 3.89. The average molecular weight is 390 g/mol. The molecule has 8 heteroatoms. The van der Waals surface area contributed by atoms with Crippen molar-refractivity contribution in [3.8, 4) is 0 Å². The zero-order chi connectivity index (χ0) is 18.8. The van der Waals surface area contributed by atoms with Gasteiger partial charge in [-0.05, 0) is 32.0 Å². The predicted molar refractivity (Wildman–Crippen MR) is 104 cm³/mol. The summed E-state index contributed by atoms with van der Waals surface area (Å²) in [4.78, 5) is 28.2. The standard InChI is InChI=1S/C18H16ClN3O3S/c1-11(2)21-17(23)14-8-7-13(19)9-15(14)20-18(21)26-10-12-5-3-4-6-16(12)22(24)25/h3-9,11H,10H2,1-2H3. The molecule has 6 nitrogen and oxygen atoms in total. The highest BCUT2D eigenvalue weighted by atomic mass is 35.5. The van der Waals surface area contributed by atoms with E-state index in [4.69, 9.17) is 11.6 Å². The van der Waals surface area contributed by atoms with Crippen molar-refractivity contribution in [1.82, 2.24) is 9.55 Å². The van der Waals surface area contributed by atoms with Crippen LogP contribution in [0.3, 0.4) is 0 Å². The molecule has 2 aromatic carbocycles. The minimum absolute atomic E-state index is 0.0577. The van der Waals surface area contributed by atoms with Gasteiger partial charge in [0.25, 0.3) is 11.2 Å². The van der Waals surface area contributed by atoms with Gasteiger partial charge in [-0.1, -0.05) is 41.6 Å². The summed E-state index contributed by atoms with van der Waals surface area (Å²) in [6.45, 7) is 3.81. The van der Waals surface area contributed by atoms with Crippen LogP contribution in [0.15, 0.2) is 52.4 Å². The van der Waals surface area contributed by atoms with Crippen molar-refractivity contribution in [2.75, 3.05) is 0 Å². The second-order valence-electron chi connectivity index (χ2n) is 6.00. The van der Waals surface area contributed by atoms with Crippen molar-refractivity contribution < 1.29 is 4.92 Å². The number of nitro benzene ring substituents is 1. The fraction of sp³-hybridized carbons (Fsp3) is 0.222. The lowest BCUT2D eigenvalue weighted by Gasteiger charge is -2.16. The first-order chi connectivity index (χ1) is 12.4. The number of hydrogen-bond acceptors (Lipinski definition) is 5. The van der Waals surface area contributed by atoms with Gasteiger partial charge in [0, 0.05) is 28.4 Å². The van der Waals surface area contributed by atoms with Gasteiger partial charge < -0.3 is 0 Å². The fourth-order valence-electron chi connectivity index (χ4n) is 2.66. The second kappa shape index (κ2) is 7.47. The van der Waals surface area contributed by atoms with Crippen molar-refractivity contribution in [3.63, 3.8) is 0 Å². The summed E-state index contributed by atoms with van der Waals surface area (Å²) in [7, 11) is 0. The van der Waals surface area contributed by atoms with Gasteiger partial charge in [-0.25, -0.2) is 4.98 Å². The molecule has 26 heavy (non-hydrogen) atoms. The Labute approximate surface area is 159 Å². The summed E-state index contributed by atoms with van der Waals surface area (Å²) in [5.41, 5.74) is 1.01. The molecule has 0 N–H and O–H groups in total. The molecule has 0 spiro atoms. The molecule has 3 aromatic rings. The van der Waals surface area contributed by atoms with E-state index in [0.29, 0.717) is 32.4 Å². The normalized spacial score (nSPS) is 11.2. The zero-order valence-corrected chi connectivity index (χ0v) is 15.8. The third-order valence-corrected chi connectivity index (χ3v) is 5.13. The number of thioether (sulfide) groups is 1. The molecule has 0 radical (unpaired) electrons. The molecule has 0 aliphatic rings. The predicted octanol–water partition coefficient (Wildman–Crippen LogP) is 4.83. The first kappa shape index (κ1) is 18.4. The van der Waals surface area contributed by atoms with Crippen LogP contribution in [0.2, 0.25) is 5.02 Å². The Morgan fingerprint density at radius 2 is 2.00 bits per heavy atom. The Kier molecular flexibility index (Phi) is 5.29. The maximum absolute atomic E-state index is 12.8. The van der Waals surface area contributed by atoms with E-state index in [-0.39, 0.29) is 17.3 Å². The number of fused-ring (bicyclic) bond motifs is 1. The van der Waals surface area contributed by atoms with Crippen molar-refractivity contribution in [1.29, 1.82) is 0 Å². The minimum atomic E-state index is -0.404. The molecule has 3 rings (SSSR count). The highest BCUT2D eigenvalue weighted by Gasteiger charge is 2.17. The number of hydrogen-bond donors (Lipinski definition) is 0. The molecule has 0 atom stereocenters. The molecule has 134 valence electrons. The lowest BCUT2D eigenvalue weighted by Crippen LogP contribution is -2.25. The average Bonchev–Trinajstić information content (AvgIpc) is 2.59. The van der Waals surface area contributed by atoms with Gasteiger partial charge in [0.05, 0.1) is 15.8 Å². The molecule has 0 saturated carbocycles. The Morgan fingerprint density at radius 3 is 2.69 bits per heavy atom. The number of benzene rings is 2. The number of halogens is 1. The molecule has 0 amide bonds. The Hall–Kier alpha value is -2.38. The van der Waals surface area contributed by atoms with Crippen LogP contribution < -0.4 is 5.56 Å². The molecular weight excluding hydrogens is 374 g/mol. The summed E-state index contributed by atoms with van der Waals surface area (Å²) in [5.74, 6) is 0.336. The maximum Gasteiger partial charge on any atom is 0.273 e. The van der Waals surface area contributed by atoms with Gasteiger partial charge in [-0.15, -0.1) is 0 Å². The Bertz CT molecular complexity index is 1050. The zero-order valence-electron chi connectivity index (χ0n) is 14.2. The van der Waals surface area contributed by atoms with Gasteiger partial charge in [0.15, 0.2) is 5.16 Å². The molecule has 1 aromatic heterocycles. The molecule has 1 heterocycles. The van der Waals surface area contributed by atoms with Gasteiger partial charge in [0.2, 0.25) is 0 Å². The van der Waals surface area contributed by atoms with Crippen molar-refractivity contribution in [2.45, 2.75) is 30.8 Å². The van der Waals surface area contributed by atoms with E-state index in [1.54, 1.807) is 41.0 Å². The molecule has 0 aliphatic heterocycles. The third kappa shape index (κ3) is 3.59. The summed E-state index contributed by atoms with van der Waals surface area (Å²) >= 11 is 7.32. The highest BCUT2D eigenvalue weighted by Crippen LogP contribution is 2.28.